The van der Waals surface area contributed by atoms with Crippen LogP contribution in [0.5, 0.6) is 0 Å². The van der Waals surface area contributed by atoms with Gasteiger partial charge >= 0.3 is 0 Å². The van der Waals surface area contributed by atoms with Gasteiger partial charge in [-0.3, -0.25) is 4.79 Å². The van der Waals surface area contributed by atoms with Crippen LogP contribution in [0, 0.1) is 0 Å². The fourth-order valence-electron chi connectivity index (χ4n) is 2.19. The minimum atomic E-state index is -3.72. The molecule has 0 saturated heterocycles. The van der Waals surface area contributed by atoms with Crippen molar-refractivity contribution in [2.75, 3.05) is 6.54 Å². The van der Waals surface area contributed by atoms with Crippen LogP contribution < -0.4 is 10.5 Å². The summed E-state index contributed by atoms with van der Waals surface area (Å²) in [7, 11) is -3.72. The third kappa shape index (κ3) is 4.40. The monoisotopic (exact) mass is 367 g/mol. The van der Waals surface area contributed by atoms with Crippen molar-refractivity contribution in [3.8, 4) is 10.4 Å². The number of hydrogen-bond donors (Lipinski definition) is 2. The molecule has 0 radical (unpaired) electrons. The largest absolute Gasteiger partial charge is 0.350 e. The molecule has 1 heterocycles. The first-order valence-corrected chi connectivity index (χ1v) is 10.1. The highest BCUT2D eigenvalue weighted by Crippen LogP contribution is 2.32. The van der Waals surface area contributed by atoms with Crippen LogP contribution in [0.2, 0.25) is 0 Å². The lowest BCUT2D eigenvalue weighted by Gasteiger charge is -2.03. The molecule has 0 atom stereocenters. The van der Waals surface area contributed by atoms with E-state index in [2.05, 4.69) is 10.3 Å². The van der Waals surface area contributed by atoms with Gasteiger partial charge in [-0.2, -0.15) is 0 Å². The number of carbonyl (C=O) groups excluding carboxylic acids is 1. The number of sulfonamides is 1. The zero-order valence-corrected chi connectivity index (χ0v) is 15.3. The van der Waals surface area contributed by atoms with Gasteiger partial charge in [0.1, 0.15) is 0 Å². The van der Waals surface area contributed by atoms with Gasteiger partial charge < -0.3 is 5.32 Å². The van der Waals surface area contributed by atoms with Crippen molar-refractivity contribution in [2.24, 2.45) is 5.14 Å². The number of aryl methyl sites for hydroxylation is 1. The Morgan fingerprint density at radius 3 is 2.42 bits per heavy atom. The van der Waals surface area contributed by atoms with Crippen LogP contribution in [0.1, 0.15) is 42.2 Å². The van der Waals surface area contributed by atoms with Gasteiger partial charge in [-0.15, -0.1) is 11.3 Å². The predicted molar refractivity (Wildman–Crippen MR) is 95.5 cm³/mol. The molecule has 24 heavy (non-hydrogen) atoms. The van der Waals surface area contributed by atoms with Gasteiger partial charge in [0.15, 0.2) is 5.01 Å². The van der Waals surface area contributed by atoms with E-state index in [-0.39, 0.29) is 10.8 Å². The van der Waals surface area contributed by atoms with E-state index < -0.39 is 10.0 Å². The molecule has 0 saturated carbocycles. The zero-order chi connectivity index (χ0) is 17.7. The topological polar surface area (TPSA) is 102 Å². The molecule has 0 aliphatic heterocycles. The van der Waals surface area contributed by atoms with Crippen molar-refractivity contribution < 1.29 is 13.2 Å². The van der Waals surface area contributed by atoms with Gasteiger partial charge in [0.05, 0.1) is 15.5 Å². The average molecular weight is 367 g/mol. The Bertz CT molecular complexity index is 812. The third-order valence-corrected chi connectivity index (χ3v) is 5.43. The molecule has 0 aliphatic carbocycles. The molecule has 1 aromatic heterocycles. The maximum absolute atomic E-state index is 12.1. The summed E-state index contributed by atoms with van der Waals surface area (Å²) in [6, 6.07) is 6.33. The van der Waals surface area contributed by atoms with Crippen LogP contribution in [-0.4, -0.2) is 25.9 Å². The molecule has 2 rings (SSSR count). The second kappa shape index (κ2) is 7.87. The molecule has 0 aliphatic rings. The maximum Gasteiger partial charge on any atom is 0.280 e. The molecule has 0 unspecified atom stereocenters. The van der Waals surface area contributed by atoms with E-state index in [1.807, 2.05) is 13.8 Å². The molecule has 0 fully saturated rings. The Kier molecular flexibility index (Phi) is 6.09. The number of rotatable bonds is 7. The standard InChI is InChI=1S/C16H21N3O3S2/c1-3-5-13-14(23-16(19-13)15(20)18-10-4-2)11-6-8-12(9-7-11)24(17,21)22/h6-9H,3-5,10H2,1-2H3,(H,18,20)(H2,17,21,22). The molecule has 1 amide bonds. The summed E-state index contributed by atoms with van der Waals surface area (Å²) in [5, 5.41) is 8.38. The molecular formula is C16H21N3O3S2. The van der Waals surface area contributed by atoms with E-state index in [0.717, 1.165) is 35.4 Å². The number of nitrogens with zero attached hydrogens (tertiary/aromatic N) is 1. The summed E-state index contributed by atoms with van der Waals surface area (Å²) in [5.74, 6) is -0.174. The number of amides is 1. The van der Waals surface area contributed by atoms with E-state index in [1.54, 1.807) is 12.1 Å². The highest BCUT2D eigenvalue weighted by Gasteiger charge is 2.18. The SMILES string of the molecule is CCCNC(=O)c1nc(CCC)c(-c2ccc(S(N)(=O)=O)cc2)s1. The van der Waals surface area contributed by atoms with Crippen LogP contribution in [0.25, 0.3) is 10.4 Å². The summed E-state index contributed by atoms with van der Waals surface area (Å²) in [5.41, 5.74) is 1.69. The average Bonchev–Trinajstić information content (AvgIpc) is 2.96. The number of primary sulfonamides is 1. The molecule has 1 aromatic carbocycles. The Morgan fingerprint density at radius 1 is 1.21 bits per heavy atom. The van der Waals surface area contributed by atoms with Crippen molar-refractivity contribution in [3.05, 3.63) is 35.0 Å². The lowest BCUT2D eigenvalue weighted by atomic mass is 10.1. The molecule has 0 spiro atoms. The van der Waals surface area contributed by atoms with E-state index in [1.165, 1.54) is 23.5 Å². The minimum absolute atomic E-state index is 0.0636. The summed E-state index contributed by atoms with van der Waals surface area (Å²) < 4.78 is 22.7. The Hall–Kier alpha value is -1.77. The predicted octanol–water partition coefficient (Wildman–Crippen LogP) is 2.55. The second-order valence-electron chi connectivity index (χ2n) is 5.37. The van der Waals surface area contributed by atoms with Crippen LogP contribution >= 0.6 is 11.3 Å². The zero-order valence-electron chi connectivity index (χ0n) is 13.7. The van der Waals surface area contributed by atoms with Crippen LogP contribution in [-0.2, 0) is 16.4 Å². The highest BCUT2D eigenvalue weighted by molar-refractivity contribution is 7.89. The van der Waals surface area contributed by atoms with Crippen molar-refractivity contribution in [2.45, 2.75) is 38.0 Å². The van der Waals surface area contributed by atoms with Gasteiger partial charge in [0.25, 0.3) is 5.91 Å². The first-order chi connectivity index (χ1) is 11.4. The maximum atomic E-state index is 12.1. The van der Waals surface area contributed by atoms with Crippen molar-refractivity contribution in [3.63, 3.8) is 0 Å². The Balaban J connectivity index is 2.37. The molecule has 130 valence electrons. The van der Waals surface area contributed by atoms with Crippen LogP contribution in [0.4, 0.5) is 0 Å². The first-order valence-electron chi connectivity index (χ1n) is 7.78. The quantitative estimate of drug-likeness (QED) is 0.785. The minimum Gasteiger partial charge on any atom is -0.350 e. The van der Waals surface area contributed by atoms with Gasteiger partial charge in [-0.25, -0.2) is 18.5 Å². The van der Waals surface area contributed by atoms with Gasteiger partial charge in [-0.1, -0.05) is 32.4 Å². The van der Waals surface area contributed by atoms with E-state index >= 15 is 0 Å². The number of carbonyl (C=O) groups is 1. The fraction of sp³-hybridized carbons (Fsp3) is 0.375. The van der Waals surface area contributed by atoms with Crippen LogP contribution in [0.15, 0.2) is 29.2 Å². The summed E-state index contributed by atoms with van der Waals surface area (Å²) in [4.78, 5) is 17.5. The lowest BCUT2D eigenvalue weighted by Crippen LogP contribution is -2.23. The molecule has 3 N–H and O–H groups in total. The smallest absolute Gasteiger partial charge is 0.280 e. The normalized spacial score (nSPS) is 11.5. The summed E-state index contributed by atoms with van der Waals surface area (Å²) >= 11 is 1.32. The van der Waals surface area contributed by atoms with E-state index in [0.29, 0.717) is 11.6 Å². The number of benzene rings is 1. The number of hydrogen-bond acceptors (Lipinski definition) is 5. The number of aromatic nitrogens is 1. The number of thiazole rings is 1. The van der Waals surface area contributed by atoms with Crippen molar-refractivity contribution >= 4 is 27.3 Å². The van der Waals surface area contributed by atoms with Crippen LogP contribution in [0.3, 0.4) is 0 Å². The molecule has 6 nitrogen and oxygen atoms in total. The lowest BCUT2D eigenvalue weighted by molar-refractivity contribution is 0.0953. The molecule has 0 bridgehead atoms. The Morgan fingerprint density at radius 2 is 1.88 bits per heavy atom. The first kappa shape index (κ1) is 18.6. The molecule has 2 aromatic rings. The highest BCUT2D eigenvalue weighted by atomic mass is 32.2. The summed E-state index contributed by atoms with van der Waals surface area (Å²) in [6.45, 7) is 4.65. The fourth-order valence-corrected chi connectivity index (χ4v) is 3.74. The summed E-state index contributed by atoms with van der Waals surface area (Å²) in [6.07, 6.45) is 2.52. The van der Waals surface area contributed by atoms with Gasteiger partial charge in [0, 0.05) is 6.54 Å². The van der Waals surface area contributed by atoms with E-state index in [4.69, 9.17) is 5.14 Å². The number of nitrogens with two attached hydrogens (primary N) is 1. The third-order valence-electron chi connectivity index (χ3n) is 3.36. The van der Waals surface area contributed by atoms with Crippen molar-refractivity contribution in [1.29, 1.82) is 0 Å². The number of nitrogens with one attached hydrogen (secondary N) is 1. The van der Waals surface area contributed by atoms with E-state index in [9.17, 15) is 13.2 Å². The molecule has 8 heteroatoms. The molecular weight excluding hydrogens is 346 g/mol. The Labute approximate surface area is 146 Å². The van der Waals surface area contributed by atoms with Gasteiger partial charge in [-0.05, 0) is 30.5 Å². The van der Waals surface area contributed by atoms with Crippen molar-refractivity contribution in [1.82, 2.24) is 10.3 Å². The second-order valence-corrected chi connectivity index (χ2v) is 7.93. The van der Waals surface area contributed by atoms with Gasteiger partial charge in [0.2, 0.25) is 10.0 Å².